The highest BCUT2D eigenvalue weighted by Gasteiger charge is 2.15. The summed E-state index contributed by atoms with van der Waals surface area (Å²) in [5.41, 5.74) is 1.48. The highest BCUT2D eigenvalue weighted by Crippen LogP contribution is 2.13. The van der Waals surface area contributed by atoms with Crippen molar-refractivity contribution in [2.75, 3.05) is 5.88 Å². The van der Waals surface area contributed by atoms with E-state index in [1.807, 2.05) is 62.4 Å². The number of halogens is 2. The quantitative estimate of drug-likeness (QED) is 0.384. The van der Waals surface area contributed by atoms with Crippen molar-refractivity contribution in [3.05, 3.63) is 71.8 Å². The van der Waals surface area contributed by atoms with Gasteiger partial charge in [0.15, 0.2) is 11.6 Å². The fourth-order valence-corrected chi connectivity index (χ4v) is 3.02. The number of benzene rings is 2. The van der Waals surface area contributed by atoms with E-state index < -0.39 is 0 Å². The first kappa shape index (κ1) is 22.4. The fraction of sp³-hybridized carbons (Fsp3) is 0.364. The Labute approximate surface area is 166 Å². The molecule has 2 rings (SSSR count). The Bertz CT molecular complexity index is 597. The molecular weight excluding hydrogens is 367 g/mol. The van der Waals surface area contributed by atoms with E-state index in [0.29, 0.717) is 11.4 Å². The largest absolute Gasteiger partial charge is 0.294 e. The Morgan fingerprint density at radius 2 is 1.31 bits per heavy atom. The maximum atomic E-state index is 11.7. The second-order valence-electron chi connectivity index (χ2n) is 6.10. The summed E-state index contributed by atoms with van der Waals surface area (Å²) >= 11 is 11.5. The third-order valence-electron chi connectivity index (χ3n) is 3.93. The van der Waals surface area contributed by atoms with Gasteiger partial charge in [-0.2, -0.15) is 0 Å². The zero-order valence-corrected chi connectivity index (χ0v) is 16.8. The molecule has 0 saturated carbocycles. The summed E-state index contributed by atoms with van der Waals surface area (Å²) in [5, 5.41) is -0.368. The zero-order chi connectivity index (χ0) is 19.4. The van der Waals surface area contributed by atoms with Gasteiger partial charge in [-0.05, 0) is 12.8 Å². The topological polar surface area (TPSA) is 34.1 Å². The van der Waals surface area contributed by atoms with Crippen LogP contribution in [0.15, 0.2) is 60.7 Å². The molecule has 0 radical (unpaired) electrons. The number of hydrogen-bond acceptors (Lipinski definition) is 2. The highest BCUT2D eigenvalue weighted by atomic mass is 35.5. The van der Waals surface area contributed by atoms with Crippen molar-refractivity contribution < 1.29 is 9.59 Å². The molecule has 4 heteroatoms. The number of Topliss-reactive ketones (excluding diaryl/α,β-unsaturated/α-hetero) is 2. The van der Waals surface area contributed by atoms with Crippen LogP contribution in [0, 0.1) is 5.92 Å². The molecule has 0 spiro atoms. The lowest BCUT2D eigenvalue weighted by molar-refractivity contribution is 0.0926. The lowest BCUT2D eigenvalue weighted by Crippen LogP contribution is -2.13. The van der Waals surface area contributed by atoms with Crippen LogP contribution in [-0.2, 0) is 0 Å². The maximum Gasteiger partial charge on any atom is 0.180 e. The number of hydrogen-bond donors (Lipinski definition) is 0. The van der Waals surface area contributed by atoms with Gasteiger partial charge in [0, 0.05) is 22.9 Å². The molecule has 0 bridgehead atoms. The van der Waals surface area contributed by atoms with Crippen molar-refractivity contribution in [1.29, 1.82) is 0 Å². The van der Waals surface area contributed by atoms with Crippen molar-refractivity contribution in [3.8, 4) is 0 Å². The van der Waals surface area contributed by atoms with Crippen LogP contribution in [0.5, 0.6) is 0 Å². The van der Waals surface area contributed by atoms with Crippen molar-refractivity contribution >= 4 is 34.8 Å². The molecule has 0 aliphatic heterocycles. The monoisotopic (exact) mass is 392 g/mol. The van der Waals surface area contributed by atoms with E-state index in [4.69, 9.17) is 23.2 Å². The summed E-state index contributed by atoms with van der Waals surface area (Å²) in [6.07, 6.45) is 2.43. The van der Waals surface area contributed by atoms with Crippen LogP contribution in [0.1, 0.15) is 53.8 Å². The lowest BCUT2D eigenvalue weighted by Gasteiger charge is -2.07. The van der Waals surface area contributed by atoms with Gasteiger partial charge in [0.2, 0.25) is 0 Å². The summed E-state index contributed by atoms with van der Waals surface area (Å²) in [5.74, 6) is 0.782. The van der Waals surface area contributed by atoms with E-state index in [2.05, 4.69) is 0 Å². The molecule has 0 heterocycles. The van der Waals surface area contributed by atoms with Crippen LogP contribution in [0.2, 0.25) is 0 Å². The van der Waals surface area contributed by atoms with Gasteiger partial charge in [0.05, 0.1) is 5.38 Å². The van der Waals surface area contributed by atoms with Crippen LogP contribution in [0.4, 0.5) is 0 Å². The van der Waals surface area contributed by atoms with E-state index in [1.54, 1.807) is 12.1 Å². The molecule has 2 unspecified atom stereocenters. The van der Waals surface area contributed by atoms with Crippen molar-refractivity contribution in [3.63, 3.8) is 0 Å². The Morgan fingerprint density at radius 1 is 0.846 bits per heavy atom. The molecule has 0 fully saturated rings. The number of carbonyl (C=O) groups is 2. The van der Waals surface area contributed by atoms with Crippen LogP contribution < -0.4 is 0 Å². The molecule has 0 aromatic heterocycles. The molecule has 26 heavy (non-hydrogen) atoms. The first-order valence-electron chi connectivity index (χ1n) is 8.89. The van der Waals surface area contributed by atoms with Crippen LogP contribution in [0.25, 0.3) is 0 Å². The smallest absolute Gasteiger partial charge is 0.180 e. The molecule has 2 aromatic carbocycles. The SMILES string of the molecule is CC(CCCl)C(=O)c1ccccc1.CCCC(Cl)C(=O)c1ccccc1. The van der Waals surface area contributed by atoms with Crippen molar-refractivity contribution in [2.24, 2.45) is 5.92 Å². The highest BCUT2D eigenvalue weighted by molar-refractivity contribution is 6.33. The normalized spacial score (nSPS) is 12.5. The molecule has 2 aromatic rings. The molecule has 2 atom stereocenters. The Morgan fingerprint density at radius 3 is 1.73 bits per heavy atom. The average molecular weight is 393 g/mol. The number of alkyl halides is 2. The van der Waals surface area contributed by atoms with Crippen molar-refractivity contribution in [2.45, 2.75) is 38.5 Å². The number of ketones is 2. The molecule has 0 saturated heterocycles. The average Bonchev–Trinajstić information content (AvgIpc) is 2.69. The van der Waals surface area contributed by atoms with Gasteiger partial charge in [-0.25, -0.2) is 0 Å². The minimum absolute atomic E-state index is 0.0277. The van der Waals surface area contributed by atoms with Gasteiger partial charge >= 0.3 is 0 Å². The molecular formula is C22H26Cl2O2. The van der Waals surface area contributed by atoms with Crippen LogP contribution in [0.3, 0.4) is 0 Å². The first-order valence-corrected chi connectivity index (χ1v) is 9.86. The van der Waals surface area contributed by atoms with Gasteiger partial charge in [0.25, 0.3) is 0 Å². The predicted molar refractivity (Wildman–Crippen MR) is 111 cm³/mol. The molecule has 0 amide bonds. The van der Waals surface area contributed by atoms with E-state index in [-0.39, 0.29) is 22.9 Å². The van der Waals surface area contributed by atoms with E-state index in [1.165, 1.54) is 0 Å². The first-order chi connectivity index (χ1) is 12.5. The van der Waals surface area contributed by atoms with Gasteiger partial charge in [-0.15, -0.1) is 23.2 Å². The van der Waals surface area contributed by atoms with Gasteiger partial charge in [-0.3, -0.25) is 9.59 Å². The summed E-state index contributed by atoms with van der Waals surface area (Å²) < 4.78 is 0. The van der Waals surface area contributed by atoms with Gasteiger partial charge in [0.1, 0.15) is 0 Å². The van der Waals surface area contributed by atoms with Gasteiger partial charge < -0.3 is 0 Å². The molecule has 2 nitrogen and oxygen atoms in total. The molecule has 0 N–H and O–H groups in total. The van der Waals surface area contributed by atoms with Gasteiger partial charge in [-0.1, -0.05) is 80.9 Å². The number of rotatable bonds is 8. The lowest BCUT2D eigenvalue weighted by atomic mass is 9.97. The molecule has 140 valence electrons. The standard InChI is InChI=1S/2C11H13ClO/c1-9(7-8-12)11(13)10-5-3-2-4-6-10;1-2-6-10(12)11(13)9-7-4-3-5-8-9/h2-6,9H,7-8H2,1H3;3-5,7-8,10H,2,6H2,1H3. The van der Waals surface area contributed by atoms with E-state index in [9.17, 15) is 9.59 Å². The maximum absolute atomic E-state index is 11.7. The Kier molecular flexibility index (Phi) is 10.9. The second-order valence-corrected chi connectivity index (χ2v) is 7.00. The predicted octanol–water partition coefficient (Wildman–Crippen LogP) is 6.41. The second kappa shape index (κ2) is 12.7. The van der Waals surface area contributed by atoms with E-state index >= 15 is 0 Å². The Balaban J connectivity index is 0.000000260. The zero-order valence-electron chi connectivity index (χ0n) is 15.3. The van der Waals surface area contributed by atoms with Crippen LogP contribution in [-0.4, -0.2) is 22.8 Å². The number of carbonyl (C=O) groups excluding carboxylic acids is 2. The van der Waals surface area contributed by atoms with E-state index in [0.717, 1.165) is 24.8 Å². The Hall–Kier alpha value is -1.64. The summed E-state index contributed by atoms with van der Waals surface area (Å²) in [4.78, 5) is 23.3. The fourth-order valence-electron chi connectivity index (χ4n) is 2.35. The minimum atomic E-state index is -0.368. The molecule has 0 aliphatic rings. The summed E-state index contributed by atoms with van der Waals surface area (Å²) in [6, 6.07) is 18.5. The van der Waals surface area contributed by atoms with Crippen LogP contribution >= 0.6 is 23.2 Å². The summed E-state index contributed by atoms with van der Waals surface area (Å²) in [7, 11) is 0. The summed E-state index contributed by atoms with van der Waals surface area (Å²) in [6.45, 7) is 3.94. The minimum Gasteiger partial charge on any atom is -0.294 e. The third kappa shape index (κ3) is 7.72. The third-order valence-corrected chi connectivity index (χ3v) is 4.57. The van der Waals surface area contributed by atoms with Crippen molar-refractivity contribution in [1.82, 2.24) is 0 Å². The molecule has 0 aliphatic carbocycles.